The summed E-state index contributed by atoms with van der Waals surface area (Å²) < 4.78 is 13.2. The van der Waals surface area contributed by atoms with Crippen LogP contribution < -0.4 is 0 Å². The molecule has 12 aromatic rings. The molecule has 0 fully saturated rings. The first-order chi connectivity index (χ1) is 29.7. The van der Waals surface area contributed by atoms with Crippen molar-refractivity contribution in [1.29, 1.82) is 0 Å². The van der Waals surface area contributed by atoms with E-state index in [9.17, 15) is 0 Å². The Bertz CT molecular complexity index is 3470. The van der Waals surface area contributed by atoms with E-state index in [1.54, 1.807) is 0 Å². The lowest BCUT2D eigenvalue weighted by atomic mass is 9.89. The Labute approximate surface area is 345 Å². The summed E-state index contributed by atoms with van der Waals surface area (Å²) >= 11 is 0. The van der Waals surface area contributed by atoms with E-state index >= 15 is 0 Å². The van der Waals surface area contributed by atoms with Crippen molar-refractivity contribution in [2.24, 2.45) is 0 Å². The minimum atomic E-state index is 0.606. The van der Waals surface area contributed by atoms with Gasteiger partial charge >= 0.3 is 0 Å². The molecule has 0 aliphatic heterocycles. The van der Waals surface area contributed by atoms with E-state index < -0.39 is 0 Å². The van der Waals surface area contributed by atoms with Crippen molar-refractivity contribution in [2.45, 2.75) is 0 Å². The van der Waals surface area contributed by atoms with E-state index in [1.165, 1.54) is 21.9 Å². The van der Waals surface area contributed by atoms with Crippen molar-refractivity contribution < 1.29 is 8.83 Å². The molecule has 3 heterocycles. The molecule has 12 rings (SSSR count). The molecule has 4 nitrogen and oxygen atoms in total. The van der Waals surface area contributed by atoms with E-state index in [-0.39, 0.29) is 0 Å². The van der Waals surface area contributed by atoms with E-state index in [0.29, 0.717) is 5.82 Å². The van der Waals surface area contributed by atoms with Gasteiger partial charge in [-0.2, -0.15) is 0 Å². The van der Waals surface area contributed by atoms with Crippen LogP contribution in [0.1, 0.15) is 0 Å². The second-order valence-corrected chi connectivity index (χ2v) is 15.2. The van der Waals surface area contributed by atoms with Gasteiger partial charge in [-0.1, -0.05) is 170 Å². The predicted molar refractivity (Wildman–Crippen MR) is 247 cm³/mol. The molecule has 0 saturated carbocycles. The fourth-order valence-corrected chi connectivity index (χ4v) is 8.93. The molecular weight excluding hydrogens is 733 g/mol. The quantitative estimate of drug-likeness (QED) is 0.169. The van der Waals surface area contributed by atoms with Crippen molar-refractivity contribution in [3.05, 3.63) is 206 Å². The van der Waals surface area contributed by atoms with Crippen LogP contribution in [0.2, 0.25) is 0 Å². The highest BCUT2D eigenvalue weighted by atomic mass is 16.3. The molecule has 0 spiro atoms. The number of aromatic nitrogens is 2. The monoisotopic (exact) mass is 766 g/mol. The number of hydrogen-bond donors (Lipinski definition) is 0. The van der Waals surface area contributed by atoms with Crippen molar-refractivity contribution >= 4 is 54.6 Å². The van der Waals surface area contributed by atoms with Crippen molar-refractivity contribution in [2.75, 3.05) is 0 Å². The fourth-order valence-electron chi connectivity index (χ4n) is 8.93. The highest BCUT2D eigenvalue weighted by Crippen LogP contribution is 2.43. The summed E-state index contributed by atoms with van der Waals surface area (Å²) in [7, 11) is 0. The van der Waals surface area contributed by atoms with Crippen LogP contribution in [0.3, 0.4) is 0 Å². The van der Waals surface area contributed by atoms with Gasteiger partial charge in [-0.25, -0.2) is 9.97 Å². The Morgan fingerprint density at radius 2 is 0.700 bits per heavy atom. The molecule has 4 heteroatoms. The Morgan fingerprint density at radius 3 is 1.25 bits per heavy atom. The zero-order chi connectivity index (χ0) is 39.6. The Morgan fingerprint density at radius 1 is 0.267 bits per heavy atom. The first-order valence-electron chi connectivity index (χ1n) is 20.2. The van der Waals surface area contributed by atoms with Crippen LogP contribution in [0.25, 0.3) is 122 Å². The van der Waals surface area contributed by atoms with Gasteiger partial charge in [0.25, 0.3) is 0 Å². The molecule has 0 bridgehead atoms. The third-order valence-electron chi connectivity index (χ3n) is 11.8. The molecule has 280 valence electrons. The number of para-hydroxylation sites is 4. The molecule has 0 N–H and O–H groups in total. The molecule has 0 aliphatic carbocycles. The van der Waals surface area contributed by atoms with Crippen LogP contribution in [-0.2, 0) is 0 Å². The van der Waals surface area contributed by atoms with Crippen molar-refractivity contribution in [3.63, 3.8) is 0 Å². The van der Waals surface area contributed by atoms with Crippen LogP contribution in [0.5, 0.6) is 0 Å². The zero-order valence-electron chi connectivity index (χ0n) is 32.3. The molecule has 0 radical (unpaired) electrons. The summed E-state index contributed by atoms with van der Waals surface area (Å²) in [5, 5.41) is 6.61. The van der Waals surface area contributed by atoms with Gasteiger partial charge in [0.2, 0.25) is 0 Å². The van der Waals surface area contributed by atoms with Gasteiger partial charge in [0.05, 0.1) is 11.4 Å². The number of furan rings is 2. The normalized spacial score (nSPS) is 11.7. The van der Waals surface area contributed by atoms with Gasteiger partial charge in [-0.05, 0) is 80.6 Å². The summed E-state index contributed by atoms with van der Waals surface area (Å²) in [4.78, 5) is 11.0. The van der Waals surface area contributed by atoms with Gasteiger partial charge in [0, 0.05) is 38.2 Å². The lowest BCUT2D eigenvalue weighted by Gasteiger charge is -2.16. The maximum Gasteiger partial charge on any atom is 0.161 e. The Balaban J connectivity index is 1.13. The number of benzene rings is 9. The molecule has 0 atom stereocenters. The SMILES string of the molecule is c1ccc(-c2ccc(-c3ccc(-c4ccccc4)c4ccccc34)cc2-c2nc(-c3cccc4c3oc3ccccc34)cc(-c3cccc4c3oc3ccccc34)n2)cc1. The maximum atomic E-state index is 6.61. The van der Waals surface area contributed by atoms with Crippen LogP contribution in [-0.4, -0.2) is 9.97 Å². The number of fused-ring (bicyclic) bond motifs is 7. The first kappa shape index (κ1) is 34.0. The average molecular weight is 767 g/mol. The summed E-state index contributed by atoms with van der Waals surface area (Å²) in [5.41, 5.74) is 14.2. The minimum absolute atomic E-state index is 0.606. The van der Waals surface area contributed by atoms with Crippen LogP contribution in [0, 0.1) is 0 Å². The second-order valence-electron chi connectivity index (χ2n) is 15.2. The molecule has 0 amide bonds. The number of rotatable bonds is 6. The van der Waals surface area contributed by atoms with Gasteiger partial charge < -0.3 is 8.83 Å². The lowest BCUT2D eigenvalue weighted by Crippen LogP contribution is -1.98. The standard InChI is InChI=1S/C56H34N2O2/c1-3-15-35(16-4-1)38-31-32-40(42-20-8-7-19-41(38)42)37-29-30-39(36-17-5-2-6-18-36)49(33-37)56-57-50(47-25-13-23-45-43-21-9-11-27-52(43)59-54(45)47)34-51(58-56)48-26-14-24-46-44-22-10-12-28-53(44)60-55(46)48/h1-34H. The molecule has 3 aromatic heterocycles. The number of hydrogen-bond acceptors (Lipinski definition) is 4. The summed E-state index contributed by atoms with van der Waals surface area (Å²) in [5.74, 6) is 0.606. The van der Waals surface area contributed by atoms with Crippen LogP contribution >= 0.6 is 0 Å². The van der Waals surface area contributed by atoms with Gasteiger partial charge in [-0.3, -0.25) is 0 Å². The van der Waals surface area contributed by atoms with Crippen LogP contribution in [0.15, 0.2) is 215 Å². The van der Waals surface area contributed by atoms with Gasteiger partial charge in [0.15, 0.2) is 5.82 Å². The zero-order valence-corrected chi connectivity index (χ0v) is 32.3. The molecule has 9 aromatic carbocycles. The smallest absolute Gasteiger partial charge is 0.161 e. The van der Waals surface area contributed by atoms with E-state index in [4.69, 9.17) is 18.8 Å². The Kier molecular flexibility index (Phi) is 7.82. The van der Waals surface area contributed by atoms with E-state index in [1.807, 2.05) is 24.3 Å². The molecule has 0 aliphatic rings. The van der Waals surface area contributed by atoms with Crippen molar-refractivity contribution in [3.8, 4) is 67.3 Å². The molecule has 0 saturated heterocycles. The first-order valence-corrected chi connectivity index (χ1v) is 20.2. The molecule has 0 unspecified atom stereocenters. The minimum Gasteiger partial charge on any atom is -0.455 e. The van der Waals surface area contributed by atoms with E-state index in [0.717, 1.165) is 94.2 Å². The highest BCUT2D eigenvalue weighted by molar-refractivity contribution is 6.11. The highest BCUT2D eigenvalue weighted by Gasteiger charge is 2.21. The largest absolute Gasteiger partial charge is 0.455 e. The third-order valence-corrected chi connectivity index (χ3v) is 11.8. The molecule has 60 heavy (non-hydrogen) atoms. The van der Waals surface area contributed by atoms with E-state index in [2.05, 4.69) is 182 Å². The topological polar surface area (TPSA) is 52.1 Å². The fraction of sp³-hybridized carbons (Fsp3) is 0. The third kappa shape index (κ3) is 5.53. The second kappa shape index (κ2) is 13.8. The summed E-state index contributed by atoms with van der Waals surface area (Å²) in [6.07, 6.45) is 0. The summed E-state index contributed by atoms with van der Waals surface area (Å²) in [6, 6.07) is 72.0. The number of nitrogens with zero attached hydrogens (tertiary/aromatic N) is 2. The van der Waals surface area contributed by atoms with Crippen molar-refractivity contribution in [1.82, 2.24) is 9.97 Å². The summed E-state index contributed by atoms with van der Waals surface area (Å²) in [6.45, 7) is 0. The maximum absolute atomic E-state index is 6.61. The Hall–Kier alpha value is -8.08. The predicted octanol–water partition coefficient (Wildman–Crippen LogP) is 15.4. The van der Waals surface area contributed by atoms with Gasteiger partial charge in [-0.15, -0.1) is 0 Å². The van der Waals surface area contributed by atoms with Gasteiger partial charge in [0.1, 0.15) is 22.3 Å². The average Bonchev–Trinajstić information content (AvgIpc) is 3.90. The van der Waals surface area contributed by atoms with Crippen LogP contribution in [0.4, 0.5) is 0 Å². The lowest BCUT2D eigenvalue weighted by molar-refractivity contribution is 0.669. The molecular formula is C56H34N2O2.